The van der Waals surface area contributed by atoms with Crippen molar-refractivity contribution in [1.82, 2.24) is 5.32 Å². The summed E-state index contributed by atoms with van der Waals surface area (Å²) in [6, 6.07) is 4.45. The maximum absolute atomic E-state index is 13.4. The third-order valence-electron chi connectivity index (χ3n) is 2.21. The molecule has 0 saturated heterocycles. The van der Waals surface area contributed by atoms with Gasteiger partial charge in [0.05, 0.1) is 5.02 Å². The molecule has 0 atom stereocenters. The van der Waals surface area contributed by atoms with Crippen LogP contribution in [0.4, 0.5) is 4.39 Å². The minimum absolute atomic E-state index is 0.0125. The van der Waals surface area contributed by atoms with Crippen LogP contribution >= 0.6 is 11.6 Å². The van der Waals surface area contributed by atoms with Crippen molar-refractivity contribution in [3.8, 4) is 5.75 Å². The molecule has 0 aliphatic heterocycles. The van der Waals surface area contributed by atoms with Gasteiger partial charge < -0.3 is 10.1 Å². The van der Waals surface area contributed by atoms with Crippen molar-refractivity contribution in [3.63, 3.8) is 0 Å². The largest absolute Gasteiger partial charge is 0.485 e. The Kier molecular flexibility index (Phi) is 5.17. The van der Waals surface area contributed by atoms with Crippen LogP contribution in [0.15, 0.2) is 30.4 Å². The second-order valence-corrected chi connectivity index (χ2v) is 5.60. The number of halogens is 2. The number of hydrogen-bond donors (Lipinski definition) is 1. The fraction of sp³-hybridized carbons (Fsp3) is 0.429. The highest BCUT2D eigenvalue weighted by Gasteiger charge is 2.11. The van der Waals surface area contributed by atoms with E-state index < -0.39 is 5.82 Å². The van der Waals surface area contributed by atoms with Crippen molar-refractivity contribution in [2.45, 2.75) is 26.3 Å². The minimum Gasteiger partial charge on any atom is -0.485 e. The number of nitrogens with one attached hydrogen (secondary N) is 1. The molecule has 100 valence electrons. The second-order valence-electron chi connectivity index (χ2n) is 5.19. The Morgan fingerprint density at radius 3 is 2.67 bits per heavy atom. The van der Waals surface area contributed by atoms with Crippen LogP contribution in [0.1, 0.15) is 20.8 Å². The first-order valence-electron chi connectivity index (χ1n) is 5.78. The fourth-order valence-corrected chi connectivity index (χ4v) is 1.45. The average molecular weight is 272 g/mol. The summed E-state index contributed by atoms with van der Waals surface area (Å²) in [6.07, 6.45) is 0. The highest BCUT2D eigenvalue weighted by Crippen LogP contribution is 2.27. The molecule has 18 heavy (non-hydrogen) atoms. The Hall–Kier alpha value is -1.06. The molecule has 1 aromatic carbocycles. The van der Waals surface area contributed by atoms with Crippen LogP contribution in [0.2, 0.25) is 5.02 Å². The van der Waals surface area contributed by atoms with E-state index in [2.05, 4.69) is 32.7 Å². The highest BCUT2D eigenvalue weighted by atomic mass is 35.5. The maximum Gasteiger partial charge on any atom is 0.173 e. The van der Waals surface area contributed by atoms with Gasteiger partial charge in [-0.2, -0.15) is 0 Å². The van der Waals surface area contributed by atoms with Gasteiger partial charge in [0.2, 0.25) is 0 Å². The monoisotopic (exact) mass is 271 g/mol. The van der Waals surface area contributed by atoms with E-state index in [9.17, 15) is 4.39 Å². The summed E-state index contributed by atoms with van der Waals surface area (Å²) in [5.41, 5.74) is 0.850. The van der Waals surface area contributed by atoms with Gasteiger partial charge in [-0.15, -0.1) is 0 Å². The van der Waals surface area contributed by atoms with Crippen molar-refractivity contribution in [1.29, 1.82) is 0 Å². The van der Waals surface area contributed by atoms with Crippen LogP contribution in [-0.2, 0) is 0 Å². The standard InChI is InChI=1S/C14H19ClFNO/c1-10(8-17-14(2,3)4)9-18-13-11(15)6-5-7-12(13)16/h5-7,17H,1,8-9H2,2-4H3. The zero-order chi connectivity index (χ0) is 13.8. The van der Waals surface area contributed by atoms with Gasteiger partial charge in [-0.3, -0.25) is 0 Å². The third kappa shape index (κ3) is 5.07. The molecule has 0 aliphatic carbocycles. The van der Waals surface area contributed by atoms with E-state index in [1.807, 2.05) is 0 Å². The number of para-hydroxylation sites is 1. The summed E-state index contributed by atoms with van der Waals surface area (Å²) in [4.78, 5) is 0. The van der Waals surface area contributed by atoms with Gasteiger partial charge in [0.25, 0.3) is 0 Å². The van der Waals surface area contributed by atoms with Crippen molar-refractivity contribution in [2.24, 2.45) is 0 Å². The minimum atomic E-state index is -0.459. The van der Waals surface area contributed by atoms with Crippen molar-refractivity contribution in [3.05, 3.63) is 41.2 Å². The SMILES string of the molecule is C=C(CNC(C)(C)C)COc1c(F)cccc1Cl. The molecule has 1 N–H and O–H groups in total. The van der Waals surface area contributed by atoms with Gasteiger partial charge in [-0.1, -0.05) is 24.2 Å². The molecule has 0 aliphatic rings. The Morgan fingerprint density at radius 2 is 2.11 bits per heavy atom. The number of benzene rings is 1. The summed E-state index contributed by atoms with van der Waals surface area (Å²) in [5, 5.41) is 3.55. The number of hydrogen-bond acceptors (Lipinski definition) is 2. The van der Waals surface area contributed by atoms with Crippen LogP contribution < -0.4 is 10.1 Å². The normalized spacial score (nSPS) is 11.4. The lowest BCUT2D eigenvalue weighted by Crippen LogP contribution is -2.37. The Balaban J connectivity index is 2.48. The summed E-state index contributed by atoms with van der Waals surface area (Å²) >= 11 is 5.85. The van der Waals surface area contributed by atoms with Gasteiger partial charge in [-0.25, -0.2) is 4.39 Å². The van der Waals surface area contributed by atoms with Crippen molar-refractivity contribution < 1.29 is 9.13 Å². The quantitative estimate of drug-likeness (QED) is 0.823. The van der Waals surface area contributed by atoms with Crippen LogP contribution in [-0.4, -0.2) is 18.7 Å². The third-order valence-corrected chi connectivity index (χ3v) is 2.51. The molecule has 0 spiro atoms. The first-order valence-corrected chi connectivity index (χ1v) is 6.16. The molecule has 0 fully saturated rings. The maximum atomic E-state index is 13.4. The molecule has 0 heterocycles. The molecule has 1 aromatic rings. The number of rotatable bonds is 5. The van der Waals surface area contributed by atoms with E-state index >= 15 is 0 Å². The molecular weight excluding hydrogens is 253 g/mol. The van der Waals surface area contributed by atoms with E-state index in [0.29, 0.717) is 6.54 Å². The molecule has 0 aromatic heterocycles. The lowest BCUT2D eigenvalue weighted by molar-refractivity contribution is 0.324. The summed E-state index contributed by atoms with van der Waals surface area (Å²) < 4.78 is 18.8. The zero-order valence-electron chi connectivity index (χ0n) is 11.0. The molecule has 0 unspecified atom stereocenters. The summed E-state index contributed by atoms with van der Waals surface area (Å²) in [6.45, 7) is 10.9. The fourth-order valence-electron chi connectivity index (χ4n) is 1.24. The van der Waals surface area contributed by atoms with Crippen molar-refractivity contribution >= 4 is 11.6 Å². The predicted octanol–water partition coefficient (Wildman–Crippen LogP) is 3.80. The van der Waals surface area contributed by atoms with Crippen molar-refractivity contribution in [2.75, 3.05) is 13.2 Å². The molecule has 0 radical (unpaired) electrons. The van der Waals surface area contributed by atoms with Gasteiger partial charge in [0, 0.05) is 12.1 Å². The lowest BCUT2D eigenvalue weighted by atomic mass is 10.1. The van der Waals surface area contributed by atoms with Crippen LogP contribution in [0, 0.1) is 5.82 Å². The lowest BCUT2D eigenvalue weighted by Gasteiger charge is -2.21. The highest BCUT2D eigenvalue weighted by molar-refractivity contribution is 6.32. The summed E-state index contributed by atoms with van der Waals surface area (Å²) in [5.74, 6) is -0.379. The number of ether oxygens (including phenoxy) is 1. The van der Waals surface area contributed by atoms with Gasteiger partial charge in [0.1, 0.15) is 6.61 Å². The Labute approximate surface area is 113 Å². The molecule has 2 nitrogen and oxygen atoms in total. The Morgan fingerprint density at radius 1 is 1.44 bits per heavy atom. The van der Waals surface area contributed by atoms with Crippen LogP contribution in [0.3, 0.4) is 0 Å². The summed E-state index contributed by atoms with van der Waals surface area (Å²) in [7, 11) is 0. The molecular formula is C14H19ClFNO. The molecule has 4 heteroatoms. The molecule has 1 rings (SSSR count). The molecule has 0 bridgehead atoms. The van der Waals surface area contributed by atoms with Gasteiger partial charge >= 0.3 is 0 Å². The van der Waals surface area contributed by atoms with Gasteiger partial charge in [-0.05, 0) is 38.5 Å². The average Bonchev–Trinajstić information content (AvgIpc) is 2.25. The molecule has 0 saturated carbocycles. The Bertz CT molecular complexity index is 406. The predicted molar refractivity (Wildman–Crippen MR) is 73.8 cm³/mol. The smallest absolute Gasteiger partial charge is 0.173 e. The first kappa shape index (κ1) is 15.0. The molecule has 0 amide bonds. The van der Waals surface area contributed by atoms with Gasteiger partial charge in [0.15, 0.2) is 11.6 Å². The topological polar surface area (TPSA) is 21.3 Å². The zero-order valence-corrected chi connectivity index (χ0v) is 11.8. The van der Waals surface area contributed by atoms with Crippen LogP contribution in [0.25, 0.3) is 0 Å². The van der Waals surface area contributed by atoms with Crippen LogP contribution in [0.5, 0.6) is 5.75 Å². The van der Waals surface area contributed by atoms with E-state index in [1.54, 1.807) is 12.1 Å². The van der Waals surface area contributed by atoms with E-state index in [4.69, 9.17) is 16.3 Å². The van der Waals surface area contributed by atoms with E-state index in [0.717, 1.165) is 5.57 Å². The second kappa shape index (κ2) is 6.21. The van der Waals surface area contributed by atoms with E-state index in [-0.39, 0.29) is 22.9 Å². The first-order chi connectivity index (χ1) is 8.29. The van der Waals surface area contributed by atoms with E-state index in [1.165, 1.54) is 6.07 Å².